The summed E-state index contributed by atoms with van der Waals surface area (Å²) in [6.45, 7) is 2.83. The Labute approximate surface area is 269 Å². The van der Waals surface area contributed by atoms with Crippen molar-refractivity contribution in [3.05, 3.63) is 81.8 Å². The number of hydrogen-bond donors (Lipinski definition) is 1. The molecule has 1 N–H and O–H groups in total. The summed E-state index contributed by atoms with van der Waals surface area (Å²) in [5.41, 5.74) is 1.62. The molecule has 0 bridgehead atoms. The molecule has 1 aliphatic carbocycles. The van der Waals surface area contributed by atoms with E-state index in [-0.39, 0.29) is 34.8 Å². The fourth-order valence-corrected chi connectivity index (χ4v) is 7.03. The Balaban J connectivity index is 1.75. The van der Waals surface area contributed by atoms with Crippen LogP contribution in [0, 0.1) is 6.92 Å². The van der Waals surface area contributed by atoms with Gasteiger partial charge in [-0.25, -0.2) is 8.42 Å². The molecule has 2 amide bonds. The summed E-state index contributed by atoms with van der Waals surface area (Å²) in [6, 6.07) is 15.0. The topological polar surface area (TPSA) is 105 Å². The first-order chi connectivity index (χ1) is 20.9. The molecule has 0 saturated heterocycles. The number of halogens is 2. The van der Waals surface area contributed by atoms with Gasteiger partial charge in [0.15, 0.2) is 11.5 Å². The van der Waals surface area contributed by atoms with Crippen molar-refractivity contribution in [3.63, 3.8) is 0 Å². The van der Waals surface area contributed by atoms with E-state index in [2.05, 4.69) is 5.32 Å². The summed E-state index contributed by atoms with van der Waals surface area (Å²) < 4.78 is 40.0. The van der Waals surface area contributed by atoms with Gasteiger partial charge in [0, 0.05) is 28.7 Å². The smallest absolute Gasteiger partial charge is 0.264 e. The normalized spacial score (nSPS) is 14.1. The van der Waals surface area contributed by atoms with Crippen molar-refractivity contribution >= 4 is 50.7 Å². The third kappa shape index (κ3) is 7.78. The van der Waals surface area contributed by atoms with Gasteiger partial charge in [-0.2, -0.15) is 0 Å². The maximum Gasteiger partial charge on any atom is 0.264 e. The van der Waals surface area contributed by atoms with Crippen molar-refractivity contribution in [2.75, 3.05) is 25.1 Å². The molecule has 0 heterocycles. The molecule has 3 aromatic rings. The van der Waals surface area contributed by atoms with Crippen LogP contribution in [0.25, 0.3) is 0 Å². The van der Waals surface area contributed by atoms with Crippen LogP contribution in [0.3, 0.4) is 0 Å². The second kappa shape index (κ2) is 14.5. The Morgan fingerprint density at radius 3 is 2.23 bits per heavy atom. The fraction of sp³-hybridized carbons (Fsp3) is 0.375. The van der Waals surface area contributed by atoms with Crippen molar-refractivity contribution < 1.29 is 27.5 Å². The lowest BCUT2D eigenvalue weighted by Crippen LogP contribution is -2.52. The van der Waals surface area contributed by atoms with Crippen LogP contribution in [-0.2, 0) is 26.2 Å². The maximum atomic E-state index is 14.2. The number of carbonyl (C=O) groups excluding carboxylic acids is 2. The molecule has 1 saturated carbocycles. The van der Waals surface area contributed by atoms with E-state index < -0.39 is 28.5 Å². The van der Waals surface area contributed by atoms with Crippen LogP contribution < -0.4 is 19.1 Å². The number of amides is 2. The van der Waals surface area contributed by atoms with E-state index in [4.69, 9.17) is 32.7 Å². The summed E-state index contributed by atoms with van der Waals surface area (Å²) >= 11 is 12.6. The molecular formula is C32H37Cl2N3O6S. The lowest BCUT2D eigenvalue weighted by atomic mass is 10.1. The van der Waals surface area contributed by atoms with Crippen LogP contribution in [0.2, 0.25) is 10.0 Å². The number of carbonyl (C=O) groups is 2. The highest BCUT2D eigenvalue weighted by atomic mass is 35.5. The van der Waals surface area contributed by atoms with Crippen LogP contribution in [-0.4, -0.2) is 58.0 Å². The molecule has 0 radical (unpaired) electrons. The molecule has 0 aliphatic heterocycles. The van der Waals surface area contributed by atoms with E-state index in [1.165, 1.54) is 43.4 Å². The number of aryl methyl sites for hydroxylation is 1. The van der Waals surface area contributed by atoms with Crippen molar-refractivity contribution in [1.82, 2.24) is 10.2 Å². The zero-order valence-corrected chi connectivity index (χ0v) is 27.5. The van der Waals surface area contributed by atoms with Crippen molar-refractivity contribution in [3.8, 4) is 11.5 Å². The van der Waals surface area contributed by atoms with E-state index in [1.807, 2.05) is 6.92 Å². The average molecular weight is 663 g/mol. The van der Waals surface area contributed by atoms with Gasteiger partial charge in [0.05, 0.1) is 24.8 Å². The first-order valence-electron chi connectivity index (χ1n) is 14.3. The molecule has 4 rings (SSSR count). The molecule has 1 atom stereocenters. The molecule has 236 valence electrons. The fourth-order valence-electron chi connectivity index (χ4n) is 5.15. The molecule has 44 heavy (non-hydrogen) atoms. The van der Waals surface area contributed by atoms with E-state index in [1.54, 1.807) is 43.3 Å². The summed E-state index contributed by atoms with van der Waals surface area (Å²) in [7, 11) is -1.34. The number of rotatable bonds is 12. The Morgan fingerprint density at radius 1 is 0.955 bits per heavy atom. The van der Waals surface area contributed by atoms with E-state index in [9.17, 15) is 18.0 Å². The number of methoxy groups -OCH3 is 2. The number of hydrogen-bond acceptors (Lipinski definition) is 6. The molecule has 3 aromatic carbocycles. The molecule has 12 heteroatoms. The zero-order valence-electron chi connectivity index (χ0n) is 25.2. The SMILES string of the molecule is COc1ccc(N(CC(=O)N(Cc2ccc(Cl)cc2Cl)[C@@H](C)C(=O)NC2CCCC2)S(=O)(=O)c2ccc(C)cc2)cc1OC. The Kier molecular flexibility index (Phi) is 11.0. The van der Waals surface area contributed by atoms with Gasteiger partial charge in [-0.05, 0) is 68.7 Å². The van der Waals surface area contributed by atoms with Crippen molar-refractivity contribution in [1.29, 1.82) is 0 Å². The third-order valence-electron chi connectivity index (χ3n) is 7.77. The minimum absolute atomic E-state index is 0.00463. The highest BCUT2D eigenvalue weighted by Crippen LogP contribution is 2.34. The summed E-state index contributed by atoms with van der Waals surface area (Å²) in [5, 5.41) is 3.79. The molecule has 0 spiro atoms. The van der Waals surface area contributed by atoms with Crippen LogP contribution in [0.5, 0.6) is 11.5 Å². The Bertz CT molecular complexity index is 1590. The lowest BCUT2D eigenvalue weighted by molar-refractivity contribution is -0.139. The Morgan fingerprint density at radius 2 is 1.61 bits per heavy atom. The second-order valence-electron chi connectivity index (χ2n) is 10.8. The van der Waals surface area contributed by atoms with Crippen LogP contribution in [0.4, 0.5) is 5.69 Å². The van der Waals surface area contributed by atoms with Gasteiger partial charge in [-0.15, -0.1) is 0 Å². The largest absolute Gasteiger partial charge is 0.493 e. The molecule has 1 fully saturated rings. The Hall–Kier alpha value is -3.47. The van der Waals surface area contributed by atoms with E-state index in [0.29, 0.717) is 21.4 Å². The molecule has 0 unspecified atom stereocenters. The van der Waals surface area contributed by atoms with Gasteiger partial charge < -0.3 is 19.7 Å². The molecular weight excluding hydrogens is 625 g/mol. The van der Waals surface area contributed by atoms with Crippen LogP contribution in [0.15, 0.2) is 65.6 Å². The molecule has 9 nitrogen and oxygen atoms in total. The monoisotopic (exact) mass is 661 g/mol. The summed E-state index contributed by atoms with van der Waals surface area (Å²) in [6.07, 6.45) is 3.80. The average Bonchev–Trinajstić information content (AvgIpc) is 3.52. The minimum Gasteiger partial charge on any atom is -0.493 e. The number of benzene rings is 3. The highest BCUT2D eigenvalue weighted by molar-refractivity contribution is 7.92. The van der Waals surface area contributed by atoms with Crippen LogP contribution in [0.1, 0.15) is 43.7 Å². The number of ether oxygens (including phenoxy) is 2. The summed E-state index contributed by atoms with van der Waals surface area (Å²) in [5.74, 6) is -0.243. The number of sulfonamides is 1. The first-order valence-corrected chi connectivity index (χ1v) is 16.5. The number of nitrogens with zero attached hydrogens (tertiary/aromatic N) is 2. The number of nitrogens with one attached hydrogen (secondary N) is 1. The standard InChI is InChI=1S/C32H37Cl2N3O6S/c1-21-9-14-27(15-10-21)44(40,41)37(26-13-16-29(42-3)30(18-26)43-4)20-31(38)36(19-23-11-12-24(33)17-28(23)34)22(2)32(39)35-25-7-5-6-8-25/h9-18,22,25H,5-8,19-20H2,1-4H3,(H,35,39)/t22-/m0/s1. The van der Waals surface area contributed by atoms with E-state index in [0.717, 1.165) is 35.6 Å². The lowest BCUT2D eigenvalue weighted by Gasteiger charge is -2.32. The molecule has 1 aliphatic rings. The third-order valence-corrected chi connectivity index (χ3v) is 10.1. The van der Waals surface area contributed by atoms with Gasteiger partial charge in [-0.3, -0.25) is 13.9 Å². The second-order valence-corrected chi connectivity index (χ2v) is 13.5. The van der Waals surface area contributed by atoms with Gasteiger partial charge >= 0.3 is 0 Å². The summed E-state index contributed by atoms with van der Waals surface area (Å²) in [4.78, 5) is 29.0. The predicted molar refractivity (Wildman–Crippen MR) is 172 cm³/mol. The van der Waals surface area contributed by atoms with E-state index >= 15 is 0 Å². The molecule has 0 aromatic heterocycles. The zero-order chi connectivity index (χ0) is 32.0. The van der Waals surface area contributed by atoms with Gasteiger partial charge in [0.1, 0.15) is 12.6 Å². The predicted octanol–water partition coefficient (Wildman–Crippen LogP) is 5.99. The van der Waals surface area contributed by atoms with Crippen molar-refractivity contribution in [2.45, 2.75) is 63.1 Å². The van der Waals surface area contributed by atoms with Gasteiger partial charge in [0.2, 0.25) is 11.8 Å². The highest BCUT2D eigenvalue weighted by Gasteiger charge is 2.34. The minimum atomic E-state index is -4.25. The van der Waals surface area contributed by atoms with Crippen LogP contribution >= 0.6 is 23.2 Å². The van der Waals surface area contributed by atoms with Gasteiger partial charge in [0.25, 0.3) is 10.0 Å². The van der Waals surface area contributed by atoms with Gasteiger partial charge in [-0.1, -0.05) is 59.8 Å². The maximum absolute atomic E-state index is 14.2. The van der Waals surface area contributed by atoms with Crippen molar-refractivity contribution in [2.24, 2.45) is 0 Å². The number of anilines is 1. The quantitative estimate of drug-likeness (QED) is 0.256. The first kappa shape index (κ1) is 33.4.